The predicted octanol–water partition coefficient (Wildman–Crippen LogP) is 4.46. The summed E-state index contributed by atoms with van der Waals surface area (Å²) in [5.74, 6) is 0.414. The number of fused-ring (bicyclic) bond motifs is 1. The number of benzene rings is 2. The monoisotopic (exact) mass is 362 g/mol. The number of aryl methyl sites for hydroxylation is 2. The Morgan fingerprint density at radius 3 is 2.59 bits per heavy atom. The molecule has 2 N–H and O–H groups in total. The smallest absolute Gasteiger partial charge is 0.120 e. The van der Waals surface area contributed by atoms with Gasteiger partial charge < -0.3 is 14.8 Å². The van der Waals surface area contributed by atoms with E-state index < -0.39 is 0 Å². The molecule has 0 saturated carbocycles. The first-order valence-corrected chi connectivity index (χ1v) is 9.64. The number of rotatable bonds is 4. The zero-order valence-corrected chi connectivity index (χ0v) is 15.7. The minimum absolute atomic E-state index is 0.121. The van der Waals surface area contributed by atoms with Gasteiger partial charge in [-0.3, -0.25) is 4.90 Å². The molecule has 4 rings (SSSR count). The summed E-state index contributed by atoms with van der Waals surface area (Å²) >= 11 is 0. The molecule has 0 radical (unpaired) electrons. The minimum Gasteiger partial charge on any atom is -0.508 e. The normalized spacial score (nSPS) is 17.4. The van der Waals surface area contributed by atoms with Crippen molar-refractivity contribution in [2.24, 2.45) is 0 Å². The maximum Gasteiger partial charge on any atom is 0.120 e. The third kappa shape index (κ3) is 3.58. The van der Waals surface area contributed by atoms with Gasteiger partial charge in [-0.05, 0) is 54.3 Å². The third-order valence-electron chi connectivity index (χ3n) is 5.49. The van der Waals surface area contributed by atoms with Crippen LogP contribution in [-0.2, 0) is 19.5 Å². The van der Waals surface area contributed by atoms with Crippen LogP contribution in [0.5, 0.6) is 11.5 Å². The van der Waals surface area contributed by atoms with Gasteiger partial charge in [0.05, 0.1) is 6.04 Å². The molecule has 1 aliphatic heterocycles. The Hall–Kier alpha value is -2.72. The van der Waals surface area contributed by atoms with E-state index in [1.165, 1.54) is 22.9 Å². The van der Waals surface area contributed by atoms with Crippen molar-refractivity contribution in [2.45, 2.75) is 38.9 Å². The number of hydrogen-bond donors (Lipinski definition) is 2. The second-order valence-corrected chi connectivity index (χ2v) is 7.26. The topological polar surface area (TPSA) is 48.6 Å². The summed E-state index contributed by atoms with van der Waals surface area (Å²) in [5.41, 5.74) is 4.62. The van der Waals surface area contributed by atoms with Crippen molar-refractivity contribution in [2.75, 3.05) is 6.54 Å². The van der Waals surface area contributed by atoms with Crippen LogP contribution in [0.2, 0.25) is 0 Å². The van der Waals surface area contributed by atoms with Gasteiger partial charge in [0.2, 0.25) is 0 Å². The maximum atomic E-state index is 10.3. The number of aromatic nitrogens is 1. The summed E-state index contributed by atoms with van der Waals surface area (Å²) in [7, 11) is 0. The molecule has 2 heterocycles. The fourth-order valence-corrected chi connectivity index (χ4v) is 4.04. The fourth-order valence-electron chi connectivity index (χ4n) is 4.04. The van der Waals surface area contributed by atoms with E-state index in [1.807, 2.05) is 0 Å². The molecule has 27 heavy (non-hydrogen) atoms. The SMILES string of the molecule is CCc1ccc(C2c3cccn3CCCN2Cc2cc(O)ccc2O)cc1. The van der Waals surface area contributed by atoms with Crippen LogP contribution < -0.4 is 0 Å². The first-order valence-electron chi connectivity index (χ1n) is 9.64. The summed E-state index contributed by atoms with van der Waals surface area (Å²) in [6, 6.07) is 18.0. The summed E-state index contributed by atoms with van der Waals surface area (Å²) < 4.78 is 2.33. The van der Waals surface area contributed by atoms with Crippen LogP contribution >= 0.6 is 0 Å². The Kier molecular flexibility index (Phi) is 4.90. The average Bonchev–Trinajstić information content (AvgIpc) is 3.06. The first kappa shape index (κ1) is 17.7. The lowest BCUT2D eigenvalue weighted by atomic mass is 9.99. The van der Waals surface area contributed by atoms with E-state index in [0.29, 0.717) is 6.54 Å². The fraction of sp³-hybridized carbons (Fsp3) is 0.304. The molecule has 4 nitrogen and oxygen atoms in total. The highest BCUT2D eigenvalue weighted by Gasteiger charge is 2.28. The summed E-state index contributed by atoms with van der Waals surface area (Å²) in [5, 5.41) is 20.1. The van der Waals surface area contributed by atoms with Gasteiger partial charge in [-0.15, -0.1) is 0 Å². The van der Waals surface area contributed by atoms with E-state index in [1.54, 1.807) is 12.1 Å². The Labute approximate surface area is 160 Å². The molecule has 4 heteroatoms. The maximum absolute atomic E-state index is 10.3. The van der Waals surface area contributed by atoms with Gasteiger partial charge in [-0.1, -0.05) is 31.2 Å². The molecule has 1 aliphatic rings. The van der Waals surface area contributed by atoms with Crippen LogP contribution in [0, 0.1) is 0 Å². The second-order valence-electron chi connectivity index (χ2n) is 7.26. The Bertz CT molecular complexity index is 914. The van der Waals surface area contributed by atoms with E-state index in [0.717, 1.165) is 31.5 Å². The van der Waals surface area contributed by atoms with Crippen LogP contribution in [0.4, 0.5) is 0 Å². The van der Waals surface area contributed by atoms with Crippen LogP contribution in [0.15, 0.2) is 60.8 Å². The molecule has 1 unspecified atom stereocenters. The van der Waals surface area contributed by atoms with Crippen molar-refractivity contribution in [1.29, 1.82) is 0 Å². The highest BCUT2D eigenvalue weighted by molar-refractivity contribution is 5.39. The standard InChI is InChI=1S/C23H26N2O2/c1-2-17-6-8-18(9-7-17)23-21-5-3-12-24(21)13-4-14-25(23)16-19-15-20(26)10-11-22(19)27/h3,5-12,15,23,26-27H,2,4,13-14,16H2,1H3. The van der Waals surface area contributed by atoms with Crippen LogP contribution in [-0.4, -0.2) is 26.2 Å². The van der Waals surface area contributed by atoms with Gasteiger partial charge in [0.25, 0.3) is 0 Å². The molecule has 0 amide bonds. The molecule has 3 aromatic rings. The molecular weight excluding hydrogens is 336 g/mol. The van der Waals surface area contributed by atoms with Crippen molar-refractivity contribution >= 4 is 0 Å². The van der Waals surface area contributed by atoms with E-state index in [4.69, 9.17) is 0 Å². The van der Waals surface area contributed by atoms with Crippen molar-refractivity contribution in [3.63, 3.8) is 0 Å². The molecule has 0 fully saturated rings. The van der Waals surface area contributed by atoms with Gasteiger partial charge in [-0.2, -0.15) is 0 Å². The highest BCUT2D eigenvalue weighted by atomic mass is 16.3. The van der Waals surface area contributed by atoms with E-state index in [9.17, 15) is 10.2 Å². The molecule has 1 aromatic heterocycles. The summed E-state index contributed by atoms with van der Waals surface area (Å²) in [6.45, 7) is 4.68. The quantitative estimate of drug-likeness (QED) is 0.674. The number of phenols is 2. The van der Waals surface area contributed by atoms with Crippen molar-refractivity contribution in [1.82, 2.24) is 9.47 Å². The Morgan fingerprint density at radius 1 is 1.00 bits per heavy atom. The lowest BCUT2D eigenvalue weighted by Crippen LogP contribution is -2.29. The molecule has 0 bridgehead atoms. The van der Waals surface area contributed by atoms with E-state index >= 15 is 0 Å². The molecular formula is C23H26N2O2. The molecule has 0 saturated heterocycles. The number of nitrogens with zero attached hydrogens (tertiary/aromatic N) is 2. The first-order chi connectivity index (χ1) is 13.2. The van der Waals surface area contributed by atoms with E-state index in [-0.39, 0.29) is 17.5 Å². The zero-order chi connectivity index (χ0) is 18.8. The Morgan fingerprint density at radius 2 is 1.81 bits per heavy atom. The number of hydrogen-bond acceptors (Lipinski definition) is 3. The number of phenolic OH excluding ortho intramolecular Hbond substituents is 2. The lowest BCUT2D eigenvalue weighted by Gasteiger charge is -2.31. The third-order valence-corrected chi connectivity index (χ3v) is 5.49. The number of aromatic hydroxyl groups is 2. The van der Waals surface area contributed by atoms with Crippen molar-refractivity contribution in [3.05, 3.63) is 83.2 Å². The van der Waals surface area contributed by atoms with Crippen LogP contribution in [0.3, 0.4) is 0 Å². The zero-order valence-electron chi connectivity index (χ0n) is 15.7. The molecule has 2 aromatic carbocycles. The van der Waals surface area contributed by atoms with Gasteiger partial charge in [0.1, 0.15) is 11.5 Å². The van der Waals surface area contributed by atoms with Gasteiger partial charge >= 0.3 is 0 Å². The Balaban J connectivity index is 1.74. The van der Waals surface area contributed by atoms with Gasteiger partial charge in [-0.25, -0.2) is 0 Å². The van der Waals surface area contributed by atoms with Gasteiger partial charge in [0, 0.05) is 37.1 Å². The molecule has 1 atom stereocenters. The van der Waals surface area contributed by atoms with E-state index in [2.05, 4.69) is 59.0 Å². The highest BCUT2D eigenvalue weighted by Crippen LogP contribution is 2.35. The summed E-state index contributed by atoms with van der Waals surface area (Å²) in [6.07, 6.45) is 4.23. The van der Waals surface area contributed by atoms with Gasteiger partial charge in [0.15, 0.2) is 0 Å². The molecule has 0 spiro atoms. The second kappa shape index (κ2) is 7.49. The molecule has 0 aliphatic carbocycles. The minimum atomic E-state index is 0.121. The van der Waals surface area contributed by atoms with Crippen molar-refractivity contribution < 1.29 is 10.2 Å². The molecule has 140 valence electrons. The largest absolute Gasteiger partial charge is 0.508 e. The average molecular weight is 362 g/mol. The lowest BCUT2D eigenvalue weighted by molar-refractivity contribution is 0.217. The van der Waals surface area contributed by atoms with Crippen molar-refractivity contribution in [3.8, 4) is 11.5 Å². The predicted molar refractivity (Wildman–Crippen MR) is 107 cm³/mol. The van der Waals surface area contributed by atoms with Crippen LogP contribution in [0.25, 0.3) is 0 Å². The van der Waals surface area contributed by atoms with Crippen LogP contribution in [0.1, 0.15) is 41.8 Å². The summed E-state index contributed by atoms with van der Waals surface area (Å²) in [4.78, 5) is 2.40.